The van der Waals surface area contributed by atoms with Crippen molar-refractivity contribution < 1.29 is 4.74 Å². The molecule has 0 radical (unpaired) electrons. The number of rotatable bonds is 1. The molecular weight excluding hydrogens is 198 g/mol. The number of benzene rings is 1. The van der Waals surface area contributed by atoms with Crippen molar-refractivity contribution in [3.63, 3.8) is 0 Å². The fourth-order valence-electron chi connectivity index (χ4n) is 1.75. The molecule has 14 heavy (non-hydrogen) atoms. The molecule has 3 heteroatoms. The second kappa shape index (κ2) is 3.70. The average molecular weight is 212 g/mol. The predicted octanol–water partition coefficient (Wildman–Crippen LogP) is 2.95. The van der Waals surface area contributed by atoms with Crippen molar-refractivity contribution in [2.45, 2.75) is 19.9 Å². The smallest absolute Gasteiger partial charge is 0.144 e. The van der Waals surface area contributed by atoms with E-state index in [2.05, 4.69) is 18.7 Å². The molecule has 2 rings (SSSR count). The molecule has 0 saturated heterocycles. The minimum atomic E-state index is 0.499. The number of hydrogen-bond acceptors (Lipinski definition) is 2. The molecule has 1 aromatic carbocycles. The van der Waals surface area contributed by atoms with Gasteiger partial charge in [0.2, 0.25) is 0 Å². The largest absolute Gasteiger partial charge is 0.490 e. The minimum Gasteiger partial charge on any atom is -0.490 e. The zero-order chi connectivity index (χ0) is 10.1. The van der Waals surface area contributed by atoms with E-state index in [1.54, 1.807) is 0 Å². The van der Waals surface area contributed by atoms with E-state index in [1.807, 2.05) is 18.2 Å². The predicted molar refractivity (Wildman–Crippen MR) is 59.4 cm³/mol. The molecule has 0 spiro atoms. The highest BCUT2D eigenvalue weighted by Gasteiger charge is 2.19. The van der Waals surface area contributed by atoms with E-state index >= 15 is 0 Å². The van der Waals surface area contributed by atoms with Crippen molar-refractivity contribution in [3.8, 4) is 5.75 Å². The Labute approximate surface area is 89.4 Å². The normalized spacial score (nSPS) is 15.3. The van der Waals surface area contributed by atoms with Crippen molar-refractivity contribution in [1.29, 1.82) is 0 Å². The van der Waals surface area contributed by atoms with Gasteiger partial charge < -0.3 is 9.64 Å². The molecule has 2 nitrogen and oxygen atoms in total. The van der Waals surface area contributed by atoms with E-state index in [4.69, 9.17) is 16.3 Å². The van der Waals surface area contributed by atoms with Crippen LogP contribution in [0.25, 0.3) is 0 Å². The van der Waals surface area contributed by atoms with Gasteiger partial charge >= 0.3 is 0 Å². The molecule has 0 N–H and O–H groups in total. The zero-order valence-electron chi connectivity index (χ0n) is 8.46. The Balaban J connectivity index is 2.40. The number of hydrogen-bond donors (Lipinski definition) is 0. The Morgan fingerprint density at radius 3 is 2.93 bits per heavy atom. The third-order valence-electron chi connectivity index (χ3n) is 2.44. The van der Waals surface area contributed by atoms with Crippen molar-refractivity contribution in [3.05, 3.63) is 23.2 Å². The molecule has 1 aliphatic rings. The highest BCUT2D eigenvalue weighted by atomic mass is 35.5. The molecule has 0 saturated carbocycles. The van der Waals surface area contributed by atoms with Crippen LogP contribution in [0.2, 0.25) is 5.02 Å². The molecule has 1 heterocycles. The van der Waals surface area contributed by atoms with E-state index in [0.717, 1.165) is 29.6 Å². The van der Waals surface area contributed by atoms with Gasteiger partial charge in [0.05, 0.1) is 12.2 Å². The summed E-state index contributed by atoms with van der Waals surface area (Å²) in [6.45, 7) is 6.06. The maximum absolute atomic E-state index is 5.91. The van der Waals surface area contributed by atoms with Crippen LogP contribution < -0.4 is 9.64 Å². The van der Waals surface area contributed by atoms with Gasteiger partial charge in [-0.3, -0.25) is 0 Å². The third kappa shape index (κ3) is 1.67. The number of nitrogens with zero attached hydrogens (tertiary/aromatic N) is 1. The molecule has 1 aliphatic heterocycles. The van der Waals surface area contributed by atoms with Crippen LogP contribution in [0.1, 0.15) is 13.8 Å². The standard InChI is InChI=1S/C11H14ClNO/c1-8(2)13-5-6-14-11-7-9(12)3-4-10(11)13/h3-4,7-8H,5-6H2,1-2H3. The summed E-state index contributed by atoms with van der Waals surface area (Å²) in [6, 6.07) is 6.31. The lowest BCUT2D eigenvalue weighted by molar-refractivity contribution is 0.303. The first kappa shape index (κ1) is 9.66. The first-order valence-corrected chi connectivity index (χ1v) is 5.25. The summed E-state index contributed by atoms with van der Waals surface area (Å²) in [7, 11) is 0. The van der Waals surface area contributed by atoms with Crippen LogP contribution in [0.5, 0.6) is 5.75 Å². The van der Waals surface area contributed by atoms with Gasteiger partial charge in [-0.15, -0.1) is 0 Å². The molecule has 0 aromatic heterocycles. The molecule has 0 fully saturated rings. The topological polar surface area (TPSA) is 12.5 Å². The molecule has 0 amide bonds. The number of anilines is 1. The van der Waals surface area contributed by atoms with Gasteiger partial charge in [0.25, 0.3) is 0 Å². The van der Waals surface area contributed by atoms with Gasteiger partial charge in [0.15, 0.2) is 0 Å². The molecule has 0 bridgehead atoms. The van der Waals surface area contributed by atoms with Crippen LogP contribution >= 0.6 is 11.6 Å². The lowest BCUT2D eigenvalue weighted by atomic mass is 10.2. The van der Waals surface area contributed by atoms with Gasteiger partial charge in [-0.2, -0.15) is 0 Å². The summed E-state index contributed by atoms with van der Waals surface area (Å²) in [5.41, 5.74) is 1.15. The van der Waals surface area contributed by atoms with Crippen molar-refractivity contribution in [2.75, 3.05) is 18.1 Å². The highest BCUT2D eigenvalue weighted by Crippen LogP contribution is 2.34. The number of fused-ring (bicyclic) bond motifs is 1. The van der Waals surface area contributed by atoms with Gasteiger partial charge in [0, 0.05) is 17.1 Å². The van der Waals surface area contributed by atoms with Gasteiger partial charge in [0.1, 0.15) is 12.4 Å². The van der Waals surface area contributed by atoms with Crippen LogP contribution in [0, 0.1) is 0 Å². The van der Waals surface area contributed by atoms with E-state index in [0.29, 0.717) is 6.04 Å². The van der Waals surface area contributed by atoms with Gasteiger partial charge in [-0.05, 0) is 26.0 Å². The van der Waals surface area contributed by atoms with E-state index in [-0.39, 0.29) is 0 Å². The summed E-state index contributed by atoms with van der Waals surface area (Å²) < 4.78 is 5.56. The van der Waals surface area contributed by atoms with E-state index in [1.165, 1.54) is 0 Å². The average Bonchev–Trinajstić information content (AvgIpc) is 2.16. The van der Waals surface area contributed by atoms with Gasteiger partial charge in [-0.25, -0.2) is 0 Å². The van der Waals surface area contributed by atoms with Crippen LogP contribution in [-0.2, 0) is 0 Å². The highest BCUT2D eigenvalue weighted by molar-refractivity contribution is 6.30. The van der Waals surface area contributed by atoms with Gasteiger partial charge in [-0.1, -0.05) is 11.6 Å². The first-order chi connectivity index (χ1) is 6.68. The summed E-state index contributed by atoms with van der Waals surface area (Å²) in [6.07, 6.45) is 0. The van der Waals surface area contributed by atoms with Crippen LogP contribution in [0.4, 0.5) is 5.69 Å². The van der Waals surface area contributed by atoms with Crippen molar-refractivity contribution in [1.82, 2.24) is 0 Å². The van der Waals surface area contributed by atoms with E-state index < -0.39 is 0 Å². The second-order valence-electron chi connectivity index (χ2n) is 3.75. The third-order valence-corrected chi connectivity index (χ3v) is 2.68. The fraction of sp³-hybridized carbons (Fsp3) is 0.455. The summed E-state index contributed by atoms with van der Waals surface area (Å²) in [5.74, 6) is 0.900. The molecule has 0 atom stereocenters. The Hall–Kier alpha value is -0.890. The summed E-state index contributed by atoms with van der Waals surface area (Å²) in [5, 5.41) is 0.731. The maximum Gasteiger partial charge on any atom is 0.144 e. The molecule has 0 aliphatic carbocycles. The minimum absolute atomic E-state index is 0.499. The number of halogens is 1. The van der Waals surface area contributed by atoms with Crippen LogP contribution in [0.15, 0.2) is 18.2 Å². The fourth-order valence-corrected chi connectivity index (χ4v) is 1.91. The van der Waals surface area contributed by atoms with Crippen LogP contribution in [0.3, 0.4) is 0 Å². The Morgan fingerprint density at radius 2 is 2.21 bits per heavy atom. The second-order valence-corrected chi connectivity index (χ2v) is 4.18. The molecular formula is C11H14ClNO. The summed E-state index contributed by atoms with van der Waals surface area (Å²) >= 11 is 5.91. The monoisotopic (exact) mass is 211 g/mol. The molecule has 76 valence electrons. The Kier molecular flexibility index (Phi) is 2.55. The Bertz CT molecular complexity index is 338. The summed E-state index contributed by atoms with van der Waals surface area (Å²) in [4.78, 5) is 2.33. The lowest BCUT2D eigenvalue weighted by Gasteiger charge is -2.34. The lowest BCUT2D eigenvalue weighted by Crippen LogP contribution is -2.37. The quantitative estimate of drug-likeness (QED) is 0.708. The maximum atomic E-state index is 5.91. The SMILES string of the molecule is CC(C)N1CCOc2cc(Cl)ccc21. The van der Waals surface area contributed by atoms with E-state index in [9.17, 15) is 0 Å². The zero-order valence-corrected chi connectivity index (χ0v) is 9.21. The van der Waals surface area contributed by atoms with Crippen molar-refractivity contribution >= 4 is 17.3 Å². The van der Waals surface area contributed by atoms with Crippen LogP contribution in [-0.4, -0.2) is 19.2 Å². The molecule has 0 unspecified atom stereocenters. The Morgan fingerprint density at radius 1 is 1.43 bits per heavy atom. The molecule has 1 aromatic rings. The number of ether oxygens (including phenoxy) is 1. The van der Waals surface area contributed by atoms with Crippen molar-refractivity contribution in [2.24, 2.45) is 0 Å². The first-order valence-electron chi connectivity index (χ1n) is 4.87.